The van der Waals surface area contributed by atoms with Crippen LogP contribution in [-0.2, 0) is 4.79 Å². The Morgan fingerprint density at radius 2 is 1.65 bits per heavy atom. The Labute approximate surface area is 131 Å². The topological polar surface area (TPSA) is 66.5 Å². The number of hydrogen-bond donors (Lipinski definition) is 1. The molecule has 0 saturated heterocycles. The van der Waals surface area contributed by atoms with Crippen molar-refractivity contribution in [3.05, 3.63) is 65.5 Å². The highest BCUT2D eigenvalue weighted by molar-refractivity contribution is 6.23. The molecule has 0 saturated carbocycles. The monoisotopic (exact) mass is 312 g/mol. The van der Waals surface area contributed by atoms with E-state index >= 15 is 0 Å². The van der Waals surface area contributed by atoms with Crippen LogP contribution in [0.3, 0.4) is 0 Å². The summed E-state index contributed by atoms with van der Waals surface area (Å²) < 4.78 is 13.2. The fraction of sp³-hybridized carbons (Fsp3) is 0.118. The summed E-state index contributed by atoms with van der Waals surface area (Å²) in [4.78, 5) is 37.8. The van der Waals surface area contributed by atoms with Crippen molar-refractivity contribution in [3.63, 3.8) is 0 Å². The third-order valence-electron chi connectivity index (χ3n) is 3.68. The number of rotatable bonds is 3. The highest BCUT2D eigenvalue weighted by Gasteiger charge is 2.40. The number of halogens is 1. The molecule has 1 aliphatic rings. The van der Waals surface area contributed by atoms with Gasteiger partial charge in [0.25, 0.3) is 11.8 Å². The lowest BCUT2D eigenvalue weighted by Gasteiger charge is -2.21. The number of amides is 3. The maximum atomic E-state index is 13.2. The van der Waals surface area contributed by atoms with Crippen LogP contribution in [0.25, 0.3) is 0 Å². The van der Waals surface area contributed by atoms with Crippen LogP contribution in [0.4, 0.5) is 10.1 Å². The Kier molecular flexibility index (Phi) is 3.65. The summed E-state index contributed by atoms with van der Waals surface area (Å²) in [5.41, 5.74) is 0.823. The van der Waals surface area contributed by atoms with Gasteiger partial charge in [-0.25, -0.2) is 4.39 Å². The van der Waals surface area contributed by atoms with Crippen molar-refractivity contribution in [1.29, 1.82) is 0 Å². The smallest absolute Gasteiger partial charge is 0.262 e. The maximum absolute atomic E-state index is 13.2. The zero-order valence-electron chi connectivity index (χ0n) is 12.2. The summed E-state index contributed by atoms with van der Waals surface area (Å²) in [5.74, 6) is -2.07. The molecular weight excluding hydrogens is 299 g/mol. The highest BCUT2D eigenvalue weighted by atomic mass is 19.1. The second kappa shape index (κ2) is 5.64. The molecule has 0 radical (unpaired) electrons. The fourth-order valence-electron chi connectivity index (χ4n) is 2.49. The van der Waals surface area contributed by atoms with E-state index in [-0.39, 0.29) is 16.8 Å². The van der Waals surface area contributed by atoms with Crippen molar-refractivity contribution in [2.45, 2.75) is 13.0 Å². The predicted octanol–water partition coefficient (Wildman–Crippen LogP) is 2.45. The lowest BCUT2D eigenvalue weighted by atomic mass is 10.1. The van der Waals surface area contributed by atoms with E-state index in [4.69, 9.17) is 0 Å². The van der Waals surface area contributed by atoms with Crippen molar-refractivity contribution >= 4 is 23.4 Å². The molecule has 1 atom stereocenters. The largest absolute Gasteiger partial charge is 0.324 e. The van der Waals surface area contributed by atoms with Crippen LogP contribution in [0.5, 0.6) is 0 Å². The molecule has 1 heterocycles. The van der Waals surface area contributed by atoms with Crippen molar-refractivity contribution in [2.75, 3.05) is 5.32 Å². The first-order valence-corrected chi connectivity index (χ1v) is 7.02. The van der Waals surface area contributed by atoms with Crippen molar-refractivity contribution in [1.82, 2.24) is 4.90 Å². The van der Waals surface area contributed by atoms with Crippen LogP contribution in [0.2, 0.25) is 0 Å². The standard InChI is InChI=1S/C17H13FN2O3/c1-10(15(21)19-12-6-4-5-11(18)9-12)20-16(22)13-7-2-3-8-14(13)17(20)23/h2-10H,1H3,(H,19,21)/t10-/m0/s1. The molecule has 116 valence electrons. The van der Waals surface area contributed by atoms with E-state index in [1.54, 1.807) is 24.3 Å². The van der Waals surface area contributed by atoms with Gasteiger partial charge in [-0.1, -0.05) is 18.2 Å². The van der Waals surface area contributed by atoms with Crippen LogP contribution >= 0.6 is 0 Å². The molecule has 6 heteroatoms. The van der Waals surface area contributed by atoms with Crippen molar-refractivity contribution < 1.29 is 18.8 Å². The average molecular weight is 312 g/mol. The molecule has 23 heavy (non-hydrogen) atoms. The molecule has 0 aliphatic carbocycles. The van der Waals surface area contributed by atoms with E-state index < -0.39 is 29.6 Å². The van der Waals surface area contributed by atoms with Gasteiger partial charge in [0.2, 0.25) is 5.91 Å². The van der Waals surface area contributed by atoms with Gasteiger partial charge in [0.1, 0.15) is 11.9 Å². The van der Waals surface area contributed by atoms with Gasteiger partial charge in [-0.3, -0.25) is 19.3 Å². The number of benzene rings is 2. The summed E-state index contributed by atoms with van der Waals surface area (Å²) in [7, 11) is 0. The molecule has 1 N–H and O–H groups in total. The van der Waals surface area contributed by atoms with Gasteiger partial charge in [0.15, 0.2) is 0 Å². The first-order chi connectivity index (χ1) is 11.0. The Morgan fingerprint density at radius 1 is 1.04 bits per heavy atom. The molecule has 3 rings (SSSR count). The Hall–Kier alpha value is -3.02. The minimum atomic E-state index is -1.01. The zero-order chi connectivity index (χ0) is 16.6. The fourth-order valence-corrected chi connectivity index (χ4v) is 2.49. The summed E-state index contributed by atoms with van der Waals surface area (Å²) in [5, 5.41) is 2.50. The van der Waals surface area contributed by atoms with Crippen LogP contribution in [-0.4, -0.2) is 28.7 Å². The lowest BCUT2D eigenvalue weighted by molar-refractivity contribution is -0.119. The predicted molar refractivity (Wildman–Crippen MR) is 81.4 cm³/mol. The Balaban J connectivity index is 1.81. The van der Waals surface area contributed by atoms with Gasteiger partial charge >= 0.3 is 0 Å². The van der Waals surface area contributed by atoms with Gasteiger partial charge in [-0.2, -0.15) is 0 Å². The summed E-state index contributed by atoms with van der Waals surface area (Å²) in [6, 6.07) is 10.8. The minimum Gasteiger partial charge on any atom is -0.324 e. The number of imide groups is 1. The minimum absolute atomic E-state index is 0.262. The SMILES string of the molecule is C[C@@H](C(=O)Nc1cccc(F)c1)N1C(=O)c2ccccc2C1=O. The van der Waals surface area contributed by atoms with E-state index in [1.165, 1.54) is 25.1 Å². The number of hydrogen-bond acceptors (Lipinski definition) is 3. The van der Waals surface area contributed by atoms with E-state index in [0.717, 1.165) is 11.0 Å². The summed E-state index contributed by atoms with van der Waals surface area (Å²) in [6.07, 6.45) is 0. The first-order valence-electron chi connectivity index (χ1n) is 7.02. The second-order valence-corrected chi connectivity index (χ2v) is 5.20. The molecule has 5 nitrogen and oxygen atoms in total. The molecule has 2 aromatic carbocycles. The molecule has 0 unspecified atom stereocenters. The summed E-state index contributed by atoms with van der Waals surface area (Å²) >= 11 is 0. The number of carbonyl (C=O) groups is 3. The normalized spacial score (nSPS) is 14.6. The maximum Gasteiger partial charge on any atom is 0.262 e. The lowest BCUT2D eigenvalue weighted by Crippen LogP contribution is -2.45. The van der Waals surface area contributed by atoms with Gasteiger partial charge in [0, 0.05) is 5.69 Å². The zero-order valence-corrected chi connectivity index (χ0v) is 12.2. The molecule has 0 spiro atoms. The third-order valence-corrected chi connectivity index (χ3v) is 3.68. The molecule has 0 fully saturated rings. The van der Waals surface area contributed by atoms with Gasteiger partial charge in [0.05, 0.1) is 11.1 Å². The molecular formula is C17H13FN2O3. The van der Waals surface area contributed by atoms with Crippen molar-refractivity contribution in [2.24, 2.45) is 0 Å². The highest BCUT2D eigenvalue weighted by Crippen LogP contribution is 2.25. The molecule has 3 amide bonds. The average Bonchev–Trinajstić information content (AvgIpc) is 2.79. The van der Waals surface area contributed by atoms with Crippen LogP contribution in [0, 0.1) is 5.82 Å². The Morgan fingerprint density at radius 3 is 2.22 bits per heavy atom. The molecule has 2 aromatic rings. The molecule has 1 aliphatic heterocycles. The van der Waals surface area contributed by atoms with Crippen LogP contribution in [0.1, 0.15) is 27.6 Å². The number of carbonyl (C=O) groups excluding carboxylic acids is 3. The van der Waals surface area contributed by atoms with Gasteiger partial charge in [-0.05, 0) is 37.3 Å². The summed E-state index contributed by atoms with van der Waals surface area (Å²) in [6.45, 7) is 1.45. The van der Waals surface area contributed by atoms with E-state index in [2.05, 4.69) is 5.32 Å². The van der Waals surface area contributed by atoms with Gasteiger partial charge in [-0.15, -0.1) is 0 Å². The van der Waals surface area contributed by atoms with Gasteiger partial charge < -0.3 is 5.32 Å². The number of nitrogens with one attached hydrogen (secondary N) is 1. The number of anilines is 1. The quantitative estimate of drug-likeness (QED) is 0.885. The second-order valence-electron chi connectivity index (χ2n) is 5.20. The van der Waals surface area contributed by atoms with E-state index in [1.807, 2.05) is 0 Å². The Bertz CT molecular complexity index is 784. The molecule has 0 aromatic heterocycles. The molecule has 0 bridgehead atoms. The van der Waals surface area contributed by atoms with E-state index in [0.29, 0.717) is 0 Å². The van der Waals surface area contributed by atoms with Crippen LogP contribution < -0.4 is 5.32 Å². The van der Waals surface area contributed by atoms with Crippen LogP contribution in [0.15, 0.2) is 48.5 Å². The van der Waals surface area contributed by atoms with Crippen molar-refractivity contribution in [3.8, 4) is 0 Å². The number of nitrogens with zero attached hydrogens (tertiary/aromatic N) is 1. The van der Waals surface area contributed by atoms with E-state index in [9.17, 15) is 18.8 Å². The third kappa shape index (κ3) is 2.59. The first kappa shape index (κ1) is 14.9. The number of fused-ring (bicyclic) bond motifs is 1.